The van der Waals surface area contributed by atoms with E-state index < -0.39 is 6.03 Å². The van der Waals surface area contributed by atoms with Gasteiger partial charge in [0.2, 0.25) is 0 Å². The Morgan fingerprint density at radius 1 is 1.15 bits per heavy atom. The van der Waals surface area contributed by atoms with Crippen LogP contribution in [0.3, 0.4) is 0 Å². The topological polar surface area (TPSA) is 73.4 Å². The van der Waals surface area contributed by atoms with Gasteiger partial charge in [-0.05, 0) is 39.2 Å². The van der Waals surface area contributed by atoms with Crippen molar-refractivity contribution in [2.45, 2.75) is 6.42 Å². The zero-order valence-electron chi connectivity index (χ0n) is 15.0. The molecule has 2 amide bonds. The van der Waals surface area contributed by atoms with E-state index in [0.717, 1.165) is 19.5 Å². The van der Waals surface area contributed by atoms with Gasteiger partial charge in [-0.3, -0.25) is 4.90 Å². The quantitative estimate of drug-likeness (QED) is 0.695. The largest absolute Gasteiger partial charge is 0.370 e. The van der Waals surface area contributed by atoms with Gasteiger partial charge in [0.15, 0.2) is 0 Å². The van der Waals surface area contributed by atoms with Gasteiger partial charge in [-0.1, -0.05) is 29.3 Å². The zero-order valence-corrected chi connectivity index (χ0v) is 16.5. The number of urea groups is 1. The molecule has 9 heteroatoms. The van der Waals surface area contributed by atoms with Crippen LogP contribution in [0.5, 0.6) is 0 Å². The summed E-state index contributed by atoms with van der Waals surface area (Å²) in [6, 6.07) is 6.33. The first-order chi connectivity index (χ1) is 12.4. The van der Waals surface area contributed by atoms with Crippen molar-refractivity contribution in [3.05, 3.63) is 40.6 Å². The molecule has 7 nitrogen and oxygen atoms in total. The molecule has 1 heterocycles. The molecule has 0 saturated heterocycles. The minimum absolute atomic E-state index is 0.365. The van der Waals surface area contributed by atoms with Crippen LogP contribution in [-0.2, 0) is 0 Å². The van der Waals surface area contributed by atoms with Crippen molar-refractivity contribution in [1.82, 2.24) is 14.9 Å². The highest BCUT2D eigenvalue weighted by atomic mass is 35.5. The van der Waals surface area contributed by atoms with Crippen LogP contribution in [0.25, 0.3) is 0 Å². The molecule has 1 aromatic carbocycles. The number of rotatable bonds is 7. The molecular formula is C17H22Cl2N6O. The summed E-state index contributed by atoms with van der Waals surface area (Å²) < 4.78 is 0. The van der Waals surface area contributed by atoms with Gasteiger partial charge in [-0.2, -0.15) is 0 Å². The molecule has 0 aliphatic carbocycles. The number of carbonyl (C=O) groups excluding carboxylic acids is 1. The molecule has 0 aliphatic heterocycles. The Bertz CT molecular complexity index is 736. The summed E-state index contributed by atoms with van der Waals surface area (Å²) >= 11 is 12.2. The maximum absolute atomic E-state index is 12.5. The molecular weight excluding hydrogens is 375 g/mol. The summed E-state index contributed by atoms with van der Waals surface area (Å²) in [6.45, 7) is 1.76. The maximum Gasteiger partial charge on any atom is 0.327 e. The lowest BCUT2D eigenvalue weighted by molar-refractivity contribution is 0.258. The third-order valence-corrected chi connectivity index (χ3v) is 4.21. The molecule has 0 fully saturated rings. The summed E-state index contributed by atoms with van der Waals surface area (Å²) in [5.74, 6) is 1.11. The molecule has 0 radical (unpaired) electrons. The predicted molar refractivity (Wildman–Crippen MR) is 108 cm³/mol. The van der Waals surface area contributed by atoms with Gasteiger partial charge in [-0.15, -0.1) is 0 Å². The number of nitrogens with one attached hydrogen (secondary N) is 2. The monoisotopic (exact) mass is 396 g/mol. The lowest BCUT2D eigenvalue weighted by Crippen LogP contribution is -2.32. The summed E-state index contributed by atoms with van der Waals surface area (Å²) in [6.07, 6.45) is 2.39. The van der Waals surface area contributed by atoms with Crippen LogP contribution in [0, 0.1) is 0 Å². The van der Waals surface area contributed by atoms with Crippen molar-refractivity contribution in [3.8, 4) is 0 Å². The van der Waals surface area contributed by atoms with E-state index in [4.69, 9.17) is 23.2 Å². The van der Waals surface area contributed by atoms with E-state index in [2.05, 4.69) is 25.5 Å². The molecule has 0 atom stereocenters. The average Bonchev–Trinajstić information content (AvgIpc) is 2.61. The Morgan fingerprint density at radius 2 is 1.85 bits per heavy atom. The third-order valence-electron chi connectivity index (χ3n) is 3.58. The first-order valence-corrected chi connectivity index (χ1v) is 8.83. The van der Waals surface area contributed by atoms with E-state index in [1.807, 2.05) is 14.1 Å². The number of halogens is 2. The second-order valence-corrected chi connectivity index (χ2v) is 6.75. The number of anilines is 3. The molecule has 0 saturated carbocycles. The number of hydrogen-bond acceptors (Lipinski definition) is 5. The Labute approximate surface area is 163 Å². The predicted octanol–water partition coefficient (Wildman–Crippen LogP) is 3.82. The third kappa shape index (κ3) is 5.72. The Kier molecular flexibility index (Phi) is 7.44. The standard InChI is InChI=1S/C17H22Cl2N6O/c1-24(2)9-5-8-20-14-10-15(22-11-21-14)25(3)17(26)23-16-12(18)6-4-7-13(16)19/h4,6-7,10-11H,5,8-9H2,1-3H3,(H,23,26)(H,20,21,22). The molecule has 2 aromatic rings. The van der Waals surface area contributed by atoms with Crippen LogP contribution in [0.4, 0.5) is 22.1 Å². The van der Waals surface area contributed by atoms with Crippen LogP contribution < -0.4 is 15.5 Å². The van der Waals surface area contributed by atoms with Crippen LogP contribution in [0.1, 0.15) is 6.42 Å². The van der Waals surface area contributed by atoms with Crippen molar-refractivity contribution < 1.29 is 4.79 Å². The number of amides is 2. The molecule has 0 spiro atoms. The SMILES string of the molecule is CN(C)CCCNc1cc(N(C)C(=O)Nc2c(Cl)cccc2Cl)ncn1. The lowest BCUT2D eigenvalue weighted by Gasteiger charge is -2.18. The van der Waals surface area contributed by atoms with Gasteiger partial charge in [0, 0.05) is 19.7 Å². The van der Waals surface area contributed by atoms with Crippen molar-refractivity contribution in [1.29, 1.82) is 0 Å². The van der Waals surface area contributed by atoms with Gasteiger partial charge in [-0.25, -0.2) is 14.8 Å². The first kappa shape index (κ1) is 20.2. The number of benzene rings is 1. The number of nitrogens with zero attached hydrogens (tertiary/aromatic N) is 4. The average molecular weight is 397 g/mol. The lowest BCUT2D eigenvalue weighted by atomic mass is 10.3. The van der Waals surface area contributed by atoms with Crippen molar-refractivity contribution in [2.24, 2.45) is 0 Å². The highest BCUT2D eigenvalue weighted by Crippen LogP contribution is 2.30. The van der Waals surface area contributed by atoms with E-state index >= 15 is 0 Å². The first-order valence-electron chi connectivity index (χ1n) is 8.08. The van der Waals surface area contributed by atoms with Crippen LogP contribution in [-0.4, -0.2) is 55.1 Å². The summed E-state index contributed by atoms with van der Waals surface area (Å²) in [5.41, 5.74) is 0.365. The van der Waals surface area contributed by atoms with Gasteiger partial charge < -0.3 is 15.5 Å². The molecule has 1 aromatic heterocycles. The van der Waals surface area contributed by atoms with Gasteiger partial charge >= 0.3 is 6.03 Å². The number of para-hydroxylation sites is 1. The minimum atomic E-state index is -0.405. The van der Waals surface area contributed by atoms with Crippen molar-refractivity contribution >= 4 is 46.6 Å². The van der Waals surface area contributed by atoms with Gasteiger partial charge in [0.25, 0.3) is 0 Å². The summed E-state index contributed by atoms with van der Waals surface area (Å²) in [5, 5.41) is 6.65. The van der Waals surface area contributed by atoms with E-state index in [1.165, 1.54) is 11.2 Å². The van der Waals surface area contributed by atoms with Crippen LogP contribution in [0.15, 0.2) is 30.6 Å². The van der Waals surface area contributed by atoms with E-state index in [1.54, 1.807) is 31.3 Å². The van der Waals surface area contributed by atoms with Crippen LogP contribution >= 0.6 is 23.2 Å². The van der Waals surface area contributed by atoms with Gasteiger partial charge in [0.1, 0.15) is 18.0 Å². The molecule has 2 N–H and O–H groups in total. The second-order valence-electron chi connectivity index (χ2n) is 5.93. The fourth-order valence-corrected chi connectivity index (χ4v) is 2.64. The Morgan fingerprint density at radius 3 is 2.50 bits per heavy atom. The number of hydrogen-bond donors (Lipinski definition) is 2. The summed E-state index contributed by atoms with van der Waals surface area (Å²) in [4.78, 5) is 24.3. The highest BCUT2D eigenvalue weighted by molar-refractivity contribution is 6.39. The molecule has 2 rings (SSSR count). The highest BCUT2D eigenvalue weighted by Gasteiger charge is 2.16. The smallest absolute Gasteiger partial charge is 0.327 e. The van der Waals surface area contributed by atoms with Gasteiger partial charge in [0.05, 0.1) is 15.7 Å². The fourth-order valence-electron chi connectivity index (χ4n) is 2.15. The second kappa shape index (κ2) is 9.56. The Balaban J connectivity index is 2.01. The van der Waals surface area contributed by atoms with Crippen molar-refractivity contribution in [3.63, 3.8) is 0 Å². The van der Waals surface area contributed by atoms with Crippen molar-refractivity contribution in [2.75, 3.05) is 49.8 Å². The minimum Gasteiger partial charge on any atom is -0.370 e. The van der Waals surface area contributed by atoms with E-state index in [9.17, 15) is 4.79 Å². The molecule has 0 aliphatic rings. The molecule has 140 valence electrons. The zero-order chi connectivity index (χ0) is 19.1. The molecule has 0 bridgehead atoms. The van der Waals surface area contributed by atoms with Crippen LogP contribution in [0.2, 0.25) is 10.0 Å². The normalized spacial score (nSPS) is 10.7. The number of carbonyl (C=O) groups is 1. The number of aromatic nitrogens is 2. The molecule has 0 unspecified atom stereocenters. The molecule has 26 heavy (non-hydrogen) atoms. The fraction of sp³-hybridized carbons (Fsp3) is 0.353. The summed E-state index contributed by atoms with van der Waals surface area (Å²) in [7, 11) is 5.67. The van der Waals surface area contributed by atoms with E-state index in [-0.39, 0.29) is 0 Å². The van der Waals surface area contributed by atoms with E-state index in [0.29, 0.717) is 27.4 Å². The maximum atomic E-state index is 12.5. The Hall–Kier alpha value is -2.09.